The van der Waals surface area contributed by atoms with Gasteiger partial charge < -0.3 is 19.3 Å². The minimum atomic E-state index is -0.170. The van der Waals surface area contributed by atoms with E-state index >= 15 is 0 Å². The van der Waals surface area contributed by atoms with Crippen LogP contribution in [0.1, 0.15) is 25.0 Å². The van der Waals surface area contributed by atoms with Gasteiger partial charge in [-0.3, -0.25) is 4.79 Å². The van der Waals surface area contributed by atoms with Gasteiger partial charge in [0.15, 0.2) is 16.7 Å². The van der Waals surface area contributed by atoms with Crippen LogP contribution < -0.4 is 14.4 Å². The number of hydrogen-bond donors (Lipinski definition) is 1. The summed E-state index contributed by atoms with van der Waals surface area (Å²) in [4.78, 5) is 21.3. The first-order chi connectivity index (χ1) is 15.7. The zero-order chi connectivity index (χ0) is 22.3. The minimum absolute atomic E-state index is 0.170. The second-order valence-electron chi connectivity index (χ2n) is 7.78. The average Bonchev–Trinajstić information content (AvgIpc) is 3.17. The van der Waals surface area contributed by atoms with Crippen LogP contribution in [0, 0.1) is 0 Å². The summed E-state index contributed by atoms with van der Waals surface area (Å²) < 4.78 is 11.3. The van der Waals surface area contributed by atoms with Gasteiger partial charge in [0.1, 0.15) is 6.54 Å². The van der Waals surface area contributed by atoms with Gasteiger partial charge in [-0.25, -0.2) is 0 Å². The molecular formula is C25H30N3O3S+. The van der Waals surface area contributed by atoms with Crippen LogP contribution in [0.4, 0.5) is 0 Å². The second-order valence-corrected chi connectivity index (χ2v) is 8.79. The van der Waals surface area contributed by atoms with Crippen LogP contribution in [0.15, 0.2) is 58.4 Å². The third-order valence-electron chi connectivity index (χ3n) is 5.51. The van der Waals surface area contributed by atoms with E-state index in [0.29, 0.717) is 23.9 Å². The van der Waals surface area contributed by atoms with Crippen molar-refractivity contribution in [3.05, 3.63) is 64.6 Å². The molecule has 2 aromatic carbocycles. The van der Waals surface area contributed by atoms with Crippen molar-refractivity contribution in [1.29, 1.82) is 0 Å². The number of piperazine rings is 1. The Labute approximate surface area is 193 Å². The van der Waals surface area contributed by atoms with Crippen LogP contribution in [-0.2, 0) is 11.3 Å². The standard InChI is InChI=1S/C25H29N3O3S/c1-3-30-21-11-10-20(16-22(21)31-4-2)17-23-24(29)26-25(32-23)28-14-12-27(13-15-28)18-19-8-6-5-7-9-19/h5-11,16-17H,3-4,12-15,18H2,1-2H3/p+1/b23-17-. The Bertz CT molecular complexity index is 999. The predicted octanol–water partition coefficient (Wildman–Crippen LogP) is 2.86. The van der Waals surface area contributed by atoms with Gasteiger partial charge in [-0.15, -0.1) is 0 Å². The zero-order valence-electron chi connectivity index (χ0n) is 18.7. The summed E-state index contributed by atoms with van der Waals surface area (Å²) in [5.41, 5.74) is 2.27. The van der Waals surface area contributed by atoms with Crippen LogP contribution in [0.3, 0.4) is 0 Å². The van der Waals surface area contributed by atoms with E-state index < -0.39 is 0 Å². The van der Waals surface area contributed by atoms with Crippen molar-refractivity contribution < 1.29 is 19.2 Å². The first kappa shape index (κ1) is 22.4. The van der Waals surface area contributed by atoms with Crippen LogP contribution in [0.5, 0.6) is 11.5 Å². The number of nitrogens with zero attached hydrogens (tertiary/aromatic N) is 2. The summed E-state index contributed by atoms with van der Waals surface area (Å²) in [7, 11) is 0. The predicted molar refractivity (Wildman–Crippen MR) is 129 cm³/mol. The lowest BCUT2D eigenvalue weighted by Crippen LogP contribution is -3.13. The van der Waals surface area contributed by atoms with Gasteiger partial charge >= 0.3 is 0 Å². The van der Waals surface area contributed by atoms with Crippen LogP contribution in [0.25, 0.3) is 6.08 Å². The molecule has 0 bridgehead atoms. The van der Waals surface area contributed by atoms with Crippen LogP contribution in [0.2, 0.25) is 0 Å². The molecule has 0 spiro atoms. The highest BCUT2D eigenvalue weighted by molar-refractivity contribution is 8.18. The van der Waals surface area contributed by atoms with Crippen molar-refractivity contribution in [2.75, 3.05) is 39.4 Å². The average molecular weight is 453 g/mol. The highest BCUT2D eigenvalue weighted by Crippen LogP contribution is 2.33. The lowest BCUT2D eigenvalue weighted by Gasteiger charge is -2.32. The van der Waals surface area contributed by atoms with Gasteiger partial charge in [0.25, 0.3) is 5.91 Å². The van der Waals surface area contributed by atoms with Gasteiger partial charge in [0.2, 0.25) is 0 Å². The smallest absolute Gasteiger partial charge is 0.286 e. The maximum absolute atomic E-state index is 12.6. The van der Waals surface area contributed by atoms with Crippen LogP contribution in [-0.4, -0.2) is 55.4 Å². The van der Waals surface area contributed by atoms with E-state index in [4.69, 9.17) is 9.47 Å². The maximum atomic E-state index is 12.6. The Morgan fingerprint density at radius 1 is 1.03 bits per heavy atom. The molecule has 1 fully saturated rings. The third kappa shape index (κ3) is 5.53. The number of aliphatic imine (C=N–C) groups is 1. The fraction of sp³-hybridized carbons (Fsp3) is 0.360. The molecule has 2 aliphatic heterocycles. The fourth-order valence-corrected chi connectivity index (χ4v) is 4.88. The summed E-state index contributed by atoms with van der Waals surface area (Å²) >= 11 is 1.47. The molecule has 7 heteroatoms. The molecule has 2 aliphatic rings. The highest BCUT2D eigenvalue weighted by Gasteiger charge is 2.29. The Morgan fingerprint density at radius 2 is 1.75 bits per heavy atom. The van der Waals surface area contributed by atoms with Gasteiger partial charge in [-0.1, -0.05) is 36.4 Å². The first-order valence-corrected chi connectivity index (χ1v) is 12.0. The number of ether oxygens (including phenoxy) is 2. The number of carbonyl (C=O) groups excluding carboxylic acids is 1. The van der Waals surface area contributed by atoms with Gasteiger partial charge in [0.05, 0.1) is 44.3 Å². The number of amidine groups is 1. The Morgan fingerprint density at radius 3 is 2.47 bits per heavy atom. The Hall–Kier alpha value is -2.77. The molecule has 168 valence electrons. The van der Waals surface area contributed by atoms with E-state index in [-0.39, 0.29) is 5.91 Å². The summed E-state index contributed by atoms with van der Waals surface area (Å²) in [6.07, 6.45) is 1.89. The largest absolute Gasteiger partial charge is 0.490 e. The molecule has 6 nitrogen and oxygen atoms in total. The lowest BCUT2D eigenvalue weighted by molar-refractivity contribution is -0.917. The normalized spacial score (nSPS) is 18.2. The number of carbonyl (C=O) groups is 1. The molecular weight excluding hydrogens is 422 g/mol. The quantitative estimate of drug-likeness (QED) is 0.655. The third-order valence-corrected chi connectivity index (χ3v) is 6.56. The number of amides is 1. The molecule has 0 aliphatic carbocycles. The van der Waals surface area contributed by atoms with Gasteiger partial charge in [-0.2, -0.15) is 4.99 Å². The van der Waals surface area contributed by atoms with E-state index in [1.54, 1.807) is 4.90 Å². The number of nitrogens with one attached hydrogen (secondary N) is 1. The molecule has 32 heavy (non-hydrogen) atoms. The summed E-state index contributed by atoms with van der Waals surface area (Å²) in [6.45, 7) is 9.96. The fourth-order valence-electron chi connectivity index (χ4n) is 3.92. The van der Waals surface area contributed by atoms with Gasteiger partial charge in [0, 0.05) is 5.56 Å². The molecule has 0 unspecified atom stereocenters. The summed E-state index contributed by atoms with van der Waals surface area (Å²) in [5, 5.41) is 0.816. The topological polar surface area (TPSA) is 55.6 Å². The van der Waals surface area contributed by atoms with E-state index in [2.05, 4.69) is 40.2 Å². The van der Waals surface area contributed by atoms with Crippen molar-refractivity contribution in [2.45, 2.75) is 20.4 Å². The van der Waals surface area contributed by atoms with Crippen molar-refractivity contribution in [1.82, 2.24) is 4.90 Å². The number of hydrogen-bond acceptors (Lipinski definition) is 5. The molecule has 2 aromatic rings. The van der Waals surface area contributed by atoms with Crippen molar-refractivity contribution >= 4 is 28.9 Å². The summed E-state index contributed by atoms with van der Waals surface area (Å²) in [5.74, 6) is 1.24. The van der Waals surface area contributed by atoms with Gasteiger partial charge in [-0.05, 0) is 49.4 Å². The Balaban J connectivity index is 1.37. The monoisotopic (exact) mass is 452 g/mol. The number of benzene rings is 2. The zero-order valence-corrected chi connectivity index (χ0v) is 19.5. The number of rotatable bonds is 7. The molecule has 0 saturated carbocycles. The highest BCUT2D eigenvalue weighted by atomic mass is 32.2. The lowest BCUT2D eigenvalue weighted by atomic mass is 10.2. The van der Waals surface area contributed by atoms with Crippen molar-refractivity contribution in [3.8, 4) is 11.5 Å². The molecule has 1 amide bonds. The van der Waals surface area contributed by atoms with E-state index in [9.17, 15) is 4.79 Å². The van der Waals surface area contributed by atoms with Crippen molar-refractivity contribution in [2.24, 2.45) is 4.99 Å². The molecule has 0 radical (unpaired) electrons. The number of quaternary nitrogens is 1. The second kappa shape index (κ2) is 10.7. The molecule has 1 saturated heterocycles. The SMILES string of the molecule is CCOc1ccc(/C=C2\SC(N3CC[NH+](Cc4ccccc4)CC3)=NC2=O)cc1OCC. The molecule has 2 heterocycles. The van der Waals surface area contributed by atoms with Crippen LogP contribution >= 0.6 is 11.8 Å². The molecule has 1 N–H and O–H groups in total. The summed E-state index contributed by atoms with van der Waals surface area (Å²) in [6, 6.07) is 16.4. The first-order valence-electron chi connectivity index (χ1n) is 11.2. The van der Waals surface area contributed by atoms with Crippen molar-refractivity contribution in [3.63, 3.8) is 0 Å². The Kier molecular flexibility index (Phi) is 7.50. The minimum Gasteiger partial charge on any atom is -0.490 e. The molecule has 0 aromatic heterocycles. The molecule has 0 atom stereocenters. The molecule has 4 rings (SSSR count). The van der Waals surface area contributed by atoms with E-state index in [1.807, 2.05) is 38.1 Å². The van der Waals surface area contributed by atoms with E-state index in [1.165, 1.54) is 17.3 Å². The number of thioether (sulfide) groups is 1. The maximum Gasteiger partial charge on any atom is 0.286 e. The van der Waals surface area contributed by atoms with E-state index in [0.717, 1.165) is 49.2 Å².